The van der Waals surface area contributed by atoms with E-state index in [0.29, 0.717) is 5.56 Å². The monoisotopic (exact) mass is 372 g/mol. The van der Waals surface area contributed by atoms with Crippen molar-refractivity contribution in [3.05, 3.63) is 65.7 Å². The van der Waals surface area contributed by atoms with Crippen LogP contribution in [0.5, 0.6) is 5.75 Å². The summed E-state index contributed by atoms with van der Waals surface area (Å²) in [7, 11) is 0. The van der Waals surface area contributed by atoms with Crippen LogP contribution in [0.3, 0.4) is 0 Å². The van der Waals surface area contributed by atoms with Gasteiger partial charge in [0, 0.05) is 17.7 Å². The van der Waals surface area contributed by atoms with Gasteiger partial charge < -0.3 is 15.4 Å². The summed E-state index contributed by atoms with van der Waals surface area (Å²) in [6.07, 6.45) is 4.88. The number of amides is 2. The SMILES string of the molecule is O=C(/C=C/c1ccc(C(=O)NC2CC2)cc1)Nc1ccccc1OC(F)F. The number of benzene rings is 2. The fourth-order valence-electron chi connectivity index (χ4n) is 2.36. The minimum Gasteiger partial charge on any atom is -0.433 e. The number of carbonyl (C=O) groups excluding carboxylic acids is 2. The van der Waals surface area contributed by atoms with E-state index in [1.807, 2.05) is 0 Å². The number of halogens is 2. The maximum atomic E-state index is 12.4. The minimum absolute atomic E-state index is 0.110. The molecule has 5 nitrogen and oxygen atoms in total. The number of ether oxygens (including phenoxy) is 1. The van der Waals surface area contributed by atoms with Gasteiger partial charge in [-0.05, 0) is 48.7 Å². The van der Waals surface area contributed by atoms with Crippen LogP contribution in [0.15, 0.2) is 54.6 Å². The first-order valence-electron chi connectivity index (χ1n) is 8.45. The summed E-state index contributed by atoms with van der Waals surface area (Å²) >= 11 is 0. The van der Waals surface area contributed by atoms with Crippen LogP contribution in [0.25, 0.3) is 6.08 Å². The third-order valence-corrected chi connectivity index (χ3v) is 3.87. The summed E-state index contributed by atoms with van der Waals surface area (Å²) in [4.78, 5) is 23.9. The summed E-state index contributed by atoms with van der Waals surface area (Å²) in [5.41, 5.74) is 1.44. The fraction of sp³-hybridized carbons (Fsp3) is 0.200. The first-order valence-corrected chi connectivity index (χ1v) is 8.45. The Bertz CT molecular complexity index is 847. The number of alkyl halides is 2. The van der Waals surface area contributed by atoms with Crippen LogP contribution in [0.4, 0.5) is 14.5 Å². The van der Waals surface area contributed by atoms with Gasteiger partial charge in [0.1, 0.15) is 5.75 Å². The number of rotatable bonds is 7. The molecule has 0 radical (unpaired) electrons. The van der Waals surface area contributed by atoms with Crippen molar-refractivity contribution in [1.82, 2.24) is 5.32 Å². The van der Waals surface area contributed by atoms with E-state index in [1.165, 1.54) is 24.3 Å². The number of hydrogen-bond donors (Lipinski definition) is 2. The fourth-order valence-corrected chi connectivity index (χ4v) is 2.36. The highest BCUT2D eigenvalue weighted by Gasteiger charge is 2.23. The lowest BCUT2D eigenvalue weighted by Crippen LogP contribution is -2.25. The molecule has 2 N–H and O–H groups in total. The van der Waals surface area contributed by atoms with Crippen LogP contribution in [-0.2, 0) is 4.79 Å². The van der Waals surface area contributed by atoms with Crippen LogP contribution in [0.1, 0.15) is 28.8 Å². The Morgan fingerprint density at radius 3 is 2.44 bits per heavy atom. The Labute approximate surface area is 155 Å². The largest absolute Gasteiger partial charge is 0.433 e. The van der Waals surface area contributed by atoms with E-state index < -0.39 is 12.5 Å². The van der Waals surface area contributed by atoms with Gasteiger partial charge in [-0.3, -0.25) is 9.59 Å². The molecule has 0 heterocycles. The molecule has 2 amide bonds. The molecule has 0 unspecified atom stereocenters. The maximum Gasteiger partial charge on any atom is 0.387 e. The predicted molar refractivity (Wildman–Crippen MR) is 97.7 cm³/mol. The van der Waals surface area contributed by atoms with E-state index in [0.717, 1.165) is 18.4 Å². The van der Waals surface area contributed by atoms with Gasteiger partial charge >= 0.3 is 6.61 Å². The molecule has 140 valence electrons. The molecule has 27 heavy (non-hydrogen) atoms. The van der Waals surface area contributed by atoms with Gasteiger partial charge in [0.25, 0.3) is 5.91 Å². The molecule has 1 aliphatic rings. The second-order valence-corrected chi connectivity index (χ2v) is 6.07. The number of anilines is 1. The summed E-state index contributed by atoms with van der Waals surface area (Å²) in [6.45, 7) is -2.98. The molecule has 2 aromatic carbocycles. The molecule has 0 aromatic heterocycles. The van der Waals surface area contributed by atoms with Gasteiger partial charge in [-0.2, -0.15) is 8.78 Å². The van der Waals surface area contributed by atoms with Crippen LogP contribution >= 0.6 is 0 Å². The lowest BCUT2D eigenvalue weighted by molar-refractivity contribution is -0.111. The normalized spacial score (nSPS) is 13.6. The first kappa shape index (κ1) is 18.6. The van der Waals surface area contributed by atoms with E-state index in [9.17, 15) is 18.4 Å². The lowest BCUT2D eigenvalue weighted by atomic mass is 10.1. The molecule has 1 aliphatic carbocycles. The average molecular weight is 372 g/mol. The Morgan fingerprint density at radius 1 is 1.07 bits per heavy atom. The molecular weight excluding hydrogens is 354 g/mol. The molecule has 0 saturated heterocycles. The number of carbonyl (C=O) groups is 2. The Hall–Kier alpha value is -3.22. The van der Waals surface area contributed by atoms with Gasteiger partial charge in [0.05, 0.1) is 5.69 Å². The van der Waals surface area contributed by atoms with Crippen LogP contribution < -0.4 is 15.4 Å². The van der Waals surface area contributed by atoms with Crippen LogP contribution in [0, 0.1) is 0 Å². The summed E-state index contributed by atoms with van der Waals surface area (Å²) in [5, 5.41) is 5.40. The molecule has 1 fully saturated rings. The van der Waals surface area contributed by atoms with E-state index in [-0.39, 0.29) is 23.4 Å². The summed E-state index contributed by atoms with van der Waals surface area (Å²) in [5.74, 6) is -0.711. The second-order valence-electron chi connectivity index (χ2n) is 6.07. The third kappa shape index (κ3) is 5.64. The highest BCUT2D eigenvalue weighted by molar-refractivity contribution is 6.02. The number of hydrogen-bond acceptors (Lipinski definition) is 3. The van der Waals surface area contributed by atoms with Crippen molar-refractivity contribution < 1.29 is 23.1 Å². The van der Waals surface area contributed by atoms with Crippen molar-refractivity contribution in [3.8, 4) is 5.75 Å². The van der Waals surface area contributed by atoms with Crippen LogP contribution in [-0.4, -0.2) is 24.5 Å². The van der Waals surface area contributed by atoms with Crippen molar-refractivity contribution >= 4 is 23.6 Å². The standard InChI is InChI=1S/C20H18F2N2O3/c21-20(22)27-17-4-2-1-3-16(17)24-18(25)12-7-13-5-8-14(9-6-13)19(26)23-15-10-11-15/h1-9,12,15,20H,10-11H2,(H,23,26)(H,24,25)/b12-7+. The van der Waals surface area contributed by atoms with Gasteiger partial charge in [0.15, 0.2) is 0 Å². The van der Waals surface area contributed by atoms with Gasteiger partial charge in [-0.15, -0.1) is 0 Å². The first-order chi connectivity index (χ1) is 13.0. The van der Waals surface area contributed by atoms with Crippen LogP contribution in [0.2, 0.25) is 0 Å². The van der Waals surface area contributed by atoms with Crippen molar-refractivity contribution in [2.24, 2.45) is 0 Å². The van der Waals surface area contributed by atoms with Crippen molar-refractivity contribution in [3.63, 3.8) is 0 Å². The molecule has 7 heteroatoms. The topological polar surface area (TPSA) is 67.4 Å². The minimum atomic E-state index is -2.98. The Balaban J connectivity index is 1.59. The lowest BCUT2D eigenvalue weighted by Gasteiger charge is -2.10. The average Bonchev–Trinajstić information content (AvgIpc) is 3.45. The third-order valence-electron chi connectivity index (χ3n) is 3.87. The Morgan fingerprint density at radius 2 is 1.78 bits per heavy atom. The zero-order valence-corrected chi connectivity index (χ0v) is 14.3. The quantitative estimate of drug-likeness (QED) is 0.726. The van der Waals surface area contributed by atoms with Gasteiger partial charge in [-0.1, -0.05) is 24.3 Å². The Kier molecular flexibility index (Phi) is 5.80. The molecule has 0 bridgehead atoms. The van der Waals surface area contributed by atoms with Crippen molar-refractivity contribution in [1.29, 1.82) is 0 Å². The molecule has 0 spiro atoms. The molecule has 1 saturated carbocycles. The van der Waals surface area contributed by atoms with E-state index in [1.54, 1.807) is 36.4 Å². The maximum absolute atomic E-state index is 12.4. The molecule has 3 rings (SSSR count). The zero-order valence-electron chi connectivity index (χ0n) is 14.3. The molecule has 2 aromatic rings. The summed E-state index contributed by atoms with van der Waals surface area (Å²) < 4.78 is 29.2. The van der Waals surface area contributed by atoms with Crippen molar-refractivity contribution in [2.75, 3.05) is 5.32 Å². The zero-order chi connectivity index (χ0) is 19.2. The number of para-hydroxylation sites is 2. The van der Waals surface area contributed by atoms with E-state index >= 15 is 0 Å². The highest BCUT2D eigenvalue weighted by atomic mass is 19.3. The second kappa shape index (κ2) is 8.44. The van der Waals surface area contributed by atoms with Gasteiger partial charge in [0.2, 0.25) is 5.91 Å². The van der Waals surface area contributed by atoms with E-state index in [4.69, 9.17) is 0 Å². The molecule has 0 aliphatic heterocycles. The van der Waals surface area contributed by atoms with Crippen molar-refractivity contribution in [2.45, 2.75) is 25.5 Å². The predicted octanol–water partition coefficient (Wildman–Crippen LogP) is 3.83. The molecular formula is C20H18F2N2O3. The van der Waals surface area contributed by atoms with Gasteiger partial charge in [-0.25, -0.2) is 0 Å². The highest BCUT2D eigenvalue weighted by Crippen LogP contribution is 2.25. The molecule has 0 atom stereocenters. The summed E-state index contributed by atoms with van der Waals surface area (Å²) in [6, 6.07) is 13.0. The number of nitrogens with one attached hydrogen (secondary N) is 2. The van der Waals surface area contributed by atoms with E-state index in [2.05, 4.69) is 15.4 Å². The smallest absolute Gasteiger partial charge is 0.387 e.